The van der Waals surface area contributed by atoms with Crippen LogP contribution >= 0.6 is 0 Å². The molecule has 32 heavy (non-hydrogen) atoms. The first-order chi connectivity index (χ1) is 15.3. The predicted molar refractivity (Wildman–Crippen MR) is 127 cm³/mol. The smallest absolute Gasteiger partial charge is 0.256 e. The van der Waals surface area contributed by atoms with E-state index in [4.69, 9.17) is 5.73 Å². The summed E-state index contributed by atoms with van der Waals surface area (Å²) in [5, 5.41) is 4.40. The molecule has 0 unspecified atom stereocenters. The number of benzene rings is 2. The summed E-state index contributed by atoms with van der Waals surface area (Å²) in [6.07, 6.45) is 1.79. The van der Waals surface area contributed by atoms with Gasteiger partial charge in [0.25, 0.3) is 5.91 Å². The molecule has 4 aromatic rings. The predicted octanol–water partition coefficient (Wildman–Crippen LogP) is 4.81. The van der Waals surface area contributed by atoms with Crippen molar-refractivity contribution in [2.24, 2.45) is 0 Å². The minimum absolute atomic E-state index is 0.0537. The number of Topliss-reactive ketones (excluding diaryl/α,β-unsaturated/α-hetero) is 1. The first-order valence-corrected chi connectivity index (χ1v) is 10.3. The molecule has 3 N–H and O–H groups in total. The van der Waals surface area contributed by atoms with Crippen LogP contribution in [0.1, 0.15) is 43.2 Å². The minimum atomic E-state index is -0.273. The van der Waals surface area contributed by atoms with Gasteiger partial charge in [0.2, 0.25) is 0 Å². The highest BCUT2D eigenvalue weighted by atomic mass is 16.1. The van der Waals surface area contributed by atoms with E-state index in [1.54, 1.807) is 36.5 Å². The third-order valence-electron chi connectivity index (χ3n) is 5.38. The molecule has 0 aliphatic carbocycles. The number of aryl methyl sites for hydroxylation is 3. The van der Waals surface area contributed by atoms with Gasteiger partial charge in [-0.05, 0) is 67.6 Å². The van der Waals surface area contributed by atoms with Gasteiger partial charge in [0.05, 0.1) is 6.42 Å². The van der Waals surface area contributed by atoms with E-state index in [2.05, 4.69) is 15.3 Å². The van der Waals surface area contributed by atoms with E-state index in [0.29, 0.717) is 22.6 Å². The highest BCUT2D eigenvalue weighted by Crippen LogP contribution is 2.25. The lowest BCUT2D eigenvalue weighted by molar-refractivity contribution is 0.0989. The quantitative estimate of drug-likeness (QED) is 0.448. The monoisotopic (exact) mass is 424 g/mol. The number of fused-ring (bicyclic) bond motifs is 1. The second-order valence-corrected chi connectivity index (χ2v) is 7.96. The molecule has 0 spiro atoms. The molecular formula is C26H24N4O2. The third-order valence-corrected chi connectivity index (χ3v) is 5.38. The van der Waals surface area contributed by atoms with Gasteiger partial charge in [-0.1, -0.05) is 24.3 Å². The van der Waals surface area contributed by atoms with Gasteiger partial charge in [0, 0.05) is 39.8 Å². The number of rotatable bonds is 5. The molecule has 0 bridgehead atoms. The SMILES string of the molecule is Cc1cc(C)nc(CC(=O)c2ccc(C)c(NC(=O)c3cccc4c(N)nccc34)c2)c1. The highest BCUT2D eigenvalue weighted by molar-refractivity contribution is 6.14. The van der Waals surface area contributed by atoms with E-state index in [1.807, 2.05) is 45.0 Å². The standard InChI is InChI=1S/C26H24N4O2/c1-15-11-17(3)29-19(12-15)14-24(31)18-8-7-16(2)23(13-18)30-26(32)22-6-4-5-21-20(22)9-10-28-25(21)27/h4-13H,14H2,1-3H3,(H2,27,28)(H,30,32). The molecule has 2 aromatic heterocycles. The molecule has 0 radical (unpaired) electrons. The summed E-state index contributed by atoms with van der Waals surface area (Å²) < 4.78 is 0. The average Bonchev–Trinajstić information content (AvgIpc) is 2.74. The number of pyridine rings is 2. The number of anilines is 2. The number of amides is 1. The van der Waals surface area contributed by atoms with E-state index >= 15 is 0 Å². The first-order valence-electron chi connectivity index (χ1n) is 10.3. The van der Waals surface area contributed by atoms with Crippen LogP contribution in [0.15, 0.2) is 60.8 Å². The summed E-state index contributed by atoms with van der Waals surface area (Å²) in [7, 11) is 0. The molecule has 4 rings (SSSR count). The molecule has 1 amide bonds. The lowest BCUT2D eigenvalue weighted by atomic mass is 10.0. The number of nitrogens with zero attached hydrogens (tertiary/aromatic N) is 2. The van der Waals surface area contributed by atoms with Crippen molar-refractivity contribution in [3.05, 3.63) is 94.4 Å². The van der Waals surface area contributed by atoms with Crippen molar-refractivity contribution < 1.29 is 9.59 Å². The molecular weight excluding hydrogens is 400 g/mol. The Kier molecular flexibility index (Phi) is 5.69. The van der Waals surface area contributed by atoms with Gasteiger partial charge in [-0.15, -0.1) is 0 Å². The Morgan fingerprint density at radius 1 is 0.969 bits per heavy atom. The molecule has 2 aromatic carbocycles. The molecule has 0 saturated carbocycles. The van der Waals surface area contributed by atoms with E-state index < -0.39 is 0 Å². The van der Waals surface area contributed by atoms with Crippen molar-refractivity contribution in [3.8, 4) is 0 Å². The van der Waals surface area contributed by atoms with E-state index in [9.17, 15) is 9.59 Å². The van der Waals surface area contributed by atoms with Crippen LogP contribution in [0.3, 0.4) is 0 Å². The van der Waals surface area contributed by atoms with Crippen LogP contribution < -0.4 is 11.1 Å². The maximum atomic E-state index is 13.1. The second kappa shape index (κ2) is 8.59. The Bertz CT molecular complexity index is 1340. The summed E-state index contributed by atoms with van der Waals surface area (Å²) in [5.74, 6) is 0.0489. The molecule has 160 valence electrons. The zero-order valence-electron chi connectivity index (χ0n) is 18.3. The van der Waals surface area contributed by atoms with Crippen LogP contribution in [0.5, 0.6) is 0 Å². The number of aromatic nitrogens is 2. The number of nitrogens with two attached hydrogens (primary N) is 1. The molecule has 0 aliphatic rings. The maximum absolute atomic E-state index is 13.1. The molecule has 6 nitrogen and oxygen atoms in total. The highest BCUT2D eigenvalue weighted by Gasteiger charge is 2.15. The Labute approximate surface area is 186 Å². The largest absolute Gasteiger partial charge is 0.383 e. The van der Waals surface area contributed by atoms with Gasteiger partial charge in [-0.2, -0.15) is 0 Å². The lowest BCUT2D eigenvalue weighted by Gasteiger charge is -2.12. The summed E-state index contributed by atoms with van der Waals surface area (Å²) in [6.45, 7) is 5.79. The fraction of sp³-hybridized carbons (Fsp3) is 0.154. The number of hydrogen-bond donors (Lipinski definition) is 2. The van der Waals surface area contributed by atoms with Gasteiger partial charge >= 0.3 is 0 Å². The van der Waals surface area contributed by atoms with Gasteiger partial charge in [0.1, 0.15) is 5.82 Å². The fourth-order valence-corrected chi connectivity index (χ4v) is 3.83. The molecule has 6 heteroatoms. The van der Waals surface area contributed by atoms with Crippen LogP contribution in [-0.2, 0) is 6.42 Å². The molecule has 0 fully saturated rings. The van der Waals surface area contributed by atoms with E-state index in [-0.39, 0.29) is 18.1 Å². The normalized spacial score (nSPS) is 10.8. The minimum Gasteiger partial charge on any atom is -0.383 e. The number of ketones is 1. The van der Waals surface area contributed by atoms with Crippen molar-refractivity contribution in [2.45, 2.75) is 27.2 Å². The average molecular weight is 425 g/mol. The number of carbonyl (C=O) groups is 2. The maximum Gasteiger partial charge on any atom is 0.256 e. The molecule has 2 heterocycles. The number of nitrogen functional groups attached to an aromatic ring is 1. The Morgan fingerprint density at radius 2 is 1.78 bits per heavy atom. The topological polar surface area (TPSA) is 98.0 Å². The fourth-order valence-electron chi connectivity index (χ4n) is 3.83. The van der Waals surface area contributed by atoms with Gasteiger partial charge < -0.3 is 11.1 Å². The van der Waals surface area contributed by atoms with Crippen molar-refractivity contribution in [3.63, 3.8) is 0 Å². The second-order valence-electron chi connectivity index (χ2n) is 7.96. The van der Waals surface area contributed by atoms with Crippen molar-refractivity contribution >= 4 is 34.0 Å². The number of carbonyl (C=O) groups excluding carboxylic acids is 2. The number of nitrogens with one attached hydrogen (secondary N) is 1. The number of hydrogen-bond acceptors (Lipinski definition) is 5. The summed E-state index contributed by atoms with van der Waals surface area (Å²) >= 11 is 0. The van der Waals surface area contributed by atoms with Gasteiger partial charge in [-0.25, -0.2) is 4.98 Å². The molecule has 0 saturated heterocycles. The van der Waals surface area contributed by atoms with Gasteiger partial charge in [0.15, 0.2) is 5.78 Å². The third kappa shape index (κ3) is 4.34. The zero-order valence-corrected chi connectivity index (χ0v) is 18.3. The van der Waals surface area contributed by atoms with Crippen LogP contribution in [0, 0.1) is 20.8 Å². The van der Waals surface area contributed by atoms with Crippen molar-refractivity contribution in [1.29, 1.82) is 0 Å². The summed E-state index contributed by atoms with van der Waals surface area (Å²) in [4.78, 5) is 34.5. The zero-order chi connectivity index (χ0) is 22.8. The Hall–Kier alpha value is -4.06. The summed E-state index contributed by atoms with van der Waals surface area (Å²) in [6, 6.07) is 16.4. The van der Waals surface area contributed by atoms with Crippen LogP contribution in [-0.4, -0.2) is 21.7 Å². The van der Waals surface area contributed by atoms with Crippen LogP contribution in [0.2, 0.25) is 0 Å². The Morgan fingerprint density at radius 3 is 2.56 bits per heavy atom. The lowest BCUT2D eigenvalue weighted by Crippen LogP contribution is -2.14. The van der Waals surface area contributed by atoms with Gasteiger partial charge in [-0.3, -0.25) is 14.6 Å². The van der Waals surface area contributed by atoms with Crippen LogP contribution in [0.25, 0.3) is 10.8 Å². The van der Waals surface area contributed by atoms with E-state index in [0.717, 1.165) is 33.3 Å². The van der Waals surface area contributed by atoms with Crippen LogP contribution in [0.4, 0.5) is 11.5 Å². The van der Waals surface area contributed by atoms with E-state index in [1.165, 1.54) is 0 Å². The Balaban J connectivity index is 1.60. The molecule has 0 aliphatic heterocycles. The summed E-state index contributed by atoms with van der Waals surface area (Å²) in [5.41, 5.74) is 11.1. The molecule has 0 atom stereocenters. The van der Waals surface area contributed by atoms with Crippen molar-refractivity contribution in [2.75, 3.05) is 11.1 Å². The first kappa shape index (κ1) is 21.2. The van der Waals surface area contributed by atoms with Crippen molar-refractivity contribution in [1.82, 2.24) is 9.97 Å².